The minimum atomic E-state index is -0.571. The molecule has 0 saturated carbocycles. The number of imidazole rings is 1. The molecule has 4 heterocycles. The van der Waals surface area contributed by atoms with Crippen molar-refractivity contribution in [3.63, 3.8) is 0 Å². The van der Waals surface area contributed by atoms with E-state index in [4.69, 9.17) is 9.72 Å². The summed E-state index contributed by atoms with van der Waals surface area (Å²) in [5, 5.41) is 4.07. The maximum Gasteiger partial charge on any atom is 0.407 e. The molecule has 1 unspecified atom stereocenters. The molecule has 2 aromatic carbocycles. The van der Waals surface area contributed by atoms with Crippen molar-refractivity contribution in [1.82, 2.24) is 29.3 Å². The van der Waals surface area contributed by atoms with E-state index in [1.807, 2.05) is 81.5 Å². The van der Waals surface area contributed by atoms with E-state index in [0.29, 0.717) is 25.2 Å². The fourth-order valence-electron chi connectivity index (χ4n) is 5.73. The molecule has 9 nitrogen and oxygen atoms in total. The molecule has 5 aromatic rings. The zero-order chi connectivity index (χ0) is 29.4. The van der Waals surface area contributed by atoms with Gasteiger partial charge in [-0.15, -0.1) is 0 Å². The number of piperidine rings is 1. The standard InChI is InChI=1S/C33H36N6O3/c1-33(2,3)42-32(41)35-25-9-7-17-38(21-25)31(40)24-11-12-28-26(18-24)36-30(37(28)4)29-19-23-8-5-6-10-27(23)39(29)20-22-13-15-34-16-14-22/h5-6,8,10-16,18-19,25H,7,9,17,20-21H2,1-4H3,(H,35,41). The zero-order valence-electron chi connectivity index (χ0n) is 24.5. The van der Waals surface area contributed by atoms with E-state index < -0.39 is 11.7 Å². The molecule has 42 heavy (non-hydrogen) atoms. The van der Waals surface area contributed by atoms with Gasteiger partial charge in [-0.05, 0) is 81.6 Å². The van der Waals surface area contributed by atoms with Crippen molar-refractivity contribution in [1.29, 1.82) is 0 Å². The van der Waals surface area contributed by atoms with Crippen LogP contribution in [0.15, 0.2) is 73.1 Å². The lowest BCUT2D eigenvalue weighted by Crippen LogP contribution is -2.50. The minimum absolute atomic E-state index is 0.0633. The highest BCUT2D eigenvalue weighted by Gasteiger charge is 2.28. The number of likely N-dealkylation sites (tertiary alicyclic amines) is 1. The fraction of sp³-hybridized carbons (Fsp3) is 0.333. The van der Waals surface area contributed by atoms with E-state index in [9.17, 15) is 9.59 Å². The van der Waals surface area contributed by atoms with Gasteiger partial charge in [0.25, 0.3) is 5.91 Å². The minimum Gasteiger partial charge on any atom is -0.444 e. The average molecular weight is 565 g/mol. The molecule has 6 rings (SSSR count). The molecule has 1 aliphatic rings. The lowest BCUT2D eigenvalue weighted by Gasteiger charge is -2.33. The molecule has 216 valence electrons. The summed E-state index contributed by atoms with van der Waals surface area (Å²) in [5.74, 6) is 0.769. The molecule has 1 aliphatic heterocycles. The first-order chi connectivity index (χ1) is 20.2. The Hall–Kier alpha value is -4.66. The highest BCUT2D eigenvalue weighted by Crippen LogP contribution is 2.31. The van der Waals surface area contributed by atoms with Gasteiger partial charge in [0.2, 0.25) is 0 Å². The van der Waals surface area contributed by atoms with Gasteiger partial charge in [-0.1, -0.05) is 18.2 Å². The van der Waals surface area contributed by atoms with Gasteiger partial charge in [-0.2, -0.15) is 0 Å². The number of nitrogens with one attached hydrogen (secondary N) is 1. The molecule has 9 heteroatoms. The molecular formula is C33H36N6O3. The molecule has 2 amide bonds. The predicted molar refractivity (Wildman–Crippen MR) is 163 cm³/mol. The van der Waals surface area contributed by atoms with Crippen LogP contribution in [0.5, 0.6) is 0 Å². The van der Waals surface area contributed by atoms with Gasteiger partial charge in [0.05, 0.1) is 16.7 Å². The van der Waals surface area contributed by atoms with Crippen molar-refractivity contribution in [3.05, 3.63) is 84.2 Å². The highest BCUT2D eigenvalue weighted by molar-refractivity contribution is 5.98. The molecular weight excluding hydrogens is 528 g/mol. The SMILES string of the molecule is Cn1c(-c2cc3ccccc3n2Cc2ccncc2)nc2cc(C(=O)N3CCCC(NC(=O)OC(C)(C)C)C3)ccc21. The molecule has 1 fully saturated rings. The van der Waals surface area contributed by atoms with Crippen molar-refractivity contribution >= 4 is 33.9 Å². The first kappa shape index (κ1) is 27.5. The number of amides is 2. The van der Waals surface area contributed by atoms with Gasteiger partial charge in [0, 0.05) is 61.6 Å². The lowest BCUT2D eigenvalue weighted by molar-refractivity contribution is 0.0452. The number of pyridine rings is 1. The average Bonchev–Trinajstić information content (AvgIpc) is 3.49. The Kier molecular flexibility index (Phi) is 7.18. The molecule has 1 saturated heterocycles. The molecule has 1 N–H and O–H groups in total. The largest absolute Gasteiger partial charge is 0.444 e. The van der Waals surface area contributed by atoms with Crippen LogP contribution in [0.3, 0.4) is 0 Å². The molecule has 0 bridgehead atoms. The van der Waals surface area contributed by atoms with Crippen molar-refractivity contribution < 1.29 is 14.3 Å². The van der Waals surface area contributed by atoms with Crippen molar-refractivity contribution in [3.8, 4) is 11.5 Å². The first-order valence-corrected chi connectivity index (χ1v) is 14.4. The van der Waals surface area contributed by atoms with Gasteiger partial charge in [0.15, 0.2) is 5.82 Å². The van der Waals surface area contributed by atoms with Crippen LogP contribution < -0.4 is 5.32 Å². The number of aryl methyl sites for hydroxylation is 1. The number of hydrogen-bond acceptors (Lipinski definition) is 5. The van der Waals surface area contributed by atoms with Crippen LogP contribution >= 0.6 is 0 Å². The normalized spacial score (nSPS) is 15.7. The van der Waals surface area contributed by atoms with Gasteiger partial charge in [-0.3, -0.25) is 9.78 Å². The van der Waals surface area contributed by atoms with E-state index in [0.717, 1.165) is 51.9 Å². The Balaban J connectivity index is 1.28. The van der Waals surface area contributed by atoms with Crippen molar-refractivity contribution in [2.24, 2.45) is 7.05 Å². The second-order valence-electron chi connectivity index (χ2n) is 12.0. The summed E-state index contributed by atoms with van der Waals surface area (Å²) in [5.41, 5.74) is 5.02. The van der Waals surface area contributed by atoms with Gasteiger partial charge in [0.1, 0.15) is 5.60 Å². The van der Waals surface area contributed by atoms with Gasteiger partial charge >= 0.3 is 6.09 Å². The third-order valence-corrected chi connectivity index (χ3v) is 7.69. The number of aromatic nitrogens is 4. The van der Waals surface area contributed by atoms with Crippen LogP contribution in [0.25, 0.3) is 33.5 Å². The second-order valence-corrected chi connectivity index (χ2v) is 12.0. The molecule has 0 spiro atoms. The van der Waals surface area contributed by atoms with Gasteiger partial charge in [-0.25, -0.2) is 9.78 Å². The van der Waals surface area contributed by atoms with E-state index in [2.05, 4.69) is 43.7 Å². The predicted octanol–water partition coefficient (Wildman–Crippen LogP) is 5.77. The Morgan fingerprint density at radius 1 is 1.02 bits per heavy atom. The monoisotopic (exact) mass is 564 g/mol. The summed E-state index contributed by atoms with van der Waals surface area (Å²) in [6, 6.07) is 20.1. The summed E-state index contributed by atoms with van der Waals surface area (Å²) in [4.78, 5) is 36.9. The Morgan fingerprint density at radius 2 is 1.81 bits per heavy atom. The third kappa shape index (κ3) is 5.59. The number of fused-ring (bicyclic) bond motifs is 2. The number of nitrogens with zero attached hydrogens (tertiary/aromatic N) is 5. The van der Waals surface area contributed by atoms with Crippen molar-refractivity contribution in [2.45, 2.75) is 51.8 Å². The van der Waals surface area contributed by atoms with Crippen LogP contribution in [0.1, 0.15) is 49.5 Å². The number of hydrogen-bond donors (Lipinski definition) is 1. The summed E-state index contributed by atoms with van der Waals surface area (Å²) < 4.78 is 9.78. The maximum atomic E-state index is 13.6. The van der Waals surface area contributed by atoms with Crippen LogP contribution in [0, 0.1) is 0 Å². The number of carbonyl (C=O) groups excluding carboxylic acids is 2. The van der Waals surface area contributed by atoms with Crippen LogP contribution in [0.2, 0.25) is 0 Å². The van der Waals surface area contributed by atoms with Gasteiger partial charge < -0.3 is 24.1 Å². The van der Waals surface area contributed by atoms with Crippen molar-refractivity contribution in [2.75, 3.05) is 13.1 Å². The third-order valence-electron chi connectivity index (χ3n) is 7.69. The highest BCUT2D eigenvalue weighted by atomic mass is 16.6. The number of para-hydroxylation sites is 1. The fourth-order valence-corrected chi connectivity index (χ4v) is 5.73. The Labute approximate surface area is 245 Å². The summed E-state index contributed by atoms with van der Waals surface area (Å²) in [6.45, 7) is 7.28. The second kappa shape index (κ2) is 11.0. The van der Waals surface area contributed by atoms with E-state index >= 15 is 0 Å². The number of rotatable bonds is 5. The van der Waals surface area contributed by atoms with E-state index in [-0.39, 0.29) is 11.9 Å². The molecule has 3 aromatic heterocycles. The summed E-state index contributed by atoms with van der Waals surface area (Å²) in [6.07, 6.45) is 4.79. The maximum absolute atomic E-state index is 13.6. The van der Waals surface area contributed by atoms with Crippen LogP contribution in [0.4, 0.5) is 4.79 Å². The first-order valence-electron chi connectivity index (χ1n) is 14.4. The number of benzene rings is 2. The number of alkyl carbamates (subject to hydrolysis) is 1. The van der Waals surface area contributed by atoms with E-state index in [1.165, 1.54) is 0 Å². The lowest BCUT2D eigenvalue weighted by atomic mass is 10.0. The molecule has 0 aliphatic carbocycles. The molecule has 1 atom stereocenters. The number of carbonyl (C=O) groups is 2. The number of ether oxygens (including phenoxy) is 1. The summed E-state index contributed by atoms with van der Waals surface area (Å²) >= 11 is 0. The summed E-state index contributed by atoms with van der Waals surface area (Å²) in [7, 11) is 2.01. The molecule has 0 radical (unpaired) electrons. The zero-order valence-corrected chi connectivity index (χ0v) is 24.5. The Bertz CT molecular complexity index is 1770. The van der Waals surface area contributed by atoms with Crippen LogP contribution in [-0.4, -0.2) is 60.7 Å². The van der Waals surface area contributed by atoms with Crippen LogP contribution in [-0.2, 0) is 18.3 Å². The van der Waals surface area contributed by atoms with E-state index in [1.54, 1.807) is 0 Å². The smallest absolute Gasteiger partial charge is 0.407 e. The Morgan fingerprint density at radius 3 is 2.60 bits per heavy atom. The topological polar surface area (TPSA) is 94.3 Å². The quantitative estimate of drug-likeness (QED) is 0.293.